The summed E-state index contributed by atoms with van der Waals surface area (Å²) >= 11 is 14.6. The number of halogens is 2. The van der Waals surface area contributed by atoms with Gasteiger partial charge in [0.15, 0.2) is 0 Å². The molecular weight excluding hydrogens is 661 g/mol. The third-order valence-corrected chi connectivity index (χ3v) is 10.6. The van der Waals surface area contributed by atoms with E-state index in [0.717, 1.165) is 20.3 Å². The highest BCUT2D eigenvalue weighted by molar-refractivity contribution is 7.98. The molecule has 1 unspecified atom stereocenters. The molecule has 0 radical (unpaired) electrons. The molecule has 0 saturated heterocycles. The summed E-state index contributed by atoms with van der Waals surface area (Å²) in [7, 11) is -4.21. The number of thioether (sulfide) groups is 1. The smallest absolute Gasteiger partial charge is 0.264 e. The zero-order chi connectivity index (χ0) is 33.4. The number of hydrogen-bond acceptors (Lipinski definition) is 5. The lowest BCUT2D eigenvalue weighted by molar-refractivity contribution is -0.140. The van der Waals surface area contributed by atoms with Crippen molar-refractivity contribution in [3.05, 3.63) is 124 Å². The van der Waals surface area contributed by atoms with Gasteiger partial charge in [0, 0.05) is 39.5 Å². The van der Waals surface area contributed by atoms with E-state index in [9.17, 15) is 18.0 Å². The Morgan fingerprint density at radius 3 is 2.02 bits per heavy atom. The van der Waals surface area contributed by atoms with Crippen molar-refractivity contribution < 1.29 is 18.0 Å². The lowest BCUT2D eigenvalue weighted by Gasteiger charge is -2.34. The van der Waals surface area contributed by atoms with Crippen molar-refractivity contribution in [3.63, 3.8) is 0 Å². The second-order valence-electron chi connectivity index (χ2n) is 11.1. The summed E-state index contributed by atoms with van der Waals surface area (Å²) in [6.07, 6.45) is 2.09. The van der Waals surface area contributed by atoms with Gasteiger partial charge in [-0.3, -0.25) is 13.9 Å². The minimum absolute atomic E-state index is 0.0396. The van der Waals surface area contributed by atoms with Crippen LogP contribution in [0.1, 0.15) is 30.5 Å². The molecule has 0 aliphatic carbocycles. The Hall–Kier alpha value is -3.50. The second kappa shape index (κ2) is 15.9. The number of carbonyl (C=O) groups is 2. The first-order valence-corrected chi connectivity index (χ1v) is 18.1. The van der Waals surface area contributed by atoms with E-state index in [2.05, 4.69) is 5.32 Å². The molecule has 242 valence electrons. The van der Waals surface area contributed by atoms with Crippen LogP contribution < -0.4 is 9.62 Å². The summed E-state index contributed by atoms with van der Waals surface area (Å²) in [6.45, 7) is 4.87. The van der Waals surface area contributed by atoms with Crippen LogP contribution in [-0.4, -0.2) is 50.0 Å². The van der Waals surface area contributed by atoms with Gasteiger partial charge in [-0.15, -0.1) is 11.8 Å². The molecular formula is C35H37Cl2N3O4S2. The molecule has 7 nitrogen and oxygen atoms in total. The molecule has 0 saturated carbocycles. The van der Waals surface area contributed by atoms with Crippen LogP contribution in [0.15, 0.2) is 107 Å². The molecule has 0 aromatic heterocycles. The van der Waals surface area contributed by atoms with E-state index in [0.29, 0.717) is 21.3 Å². The number of carbonyl (C=O) groups excluding carboxylic acids is 2. The van der Waals surface area contributed by atoms with E-state index in [-0.39, 0.29) is 29.8 Å². The van der Waals surface area contributed by atoms with Crippen molar-refractivity contribution in [2.24, 2.45) is 0 Å². The molecule has 46 heavy (non-hydrogen) atoms. The Kier molecular flexibility index (Phi) is 12.2. The number of nitrogens with zero attached hydrogens (tertiary/aromatic N) is 2. The molecule has 0 aliphatic rings. The third kappa shape index (κ3) is 8.85. The maximum absolute atomic E-state index is 14.6. The molecule has 1 atom stereocenters. The molecule has 4 aromatic carbocycles. The Bertz CT molecular complexity index is 1730. The van der Waals surface area contributed by atoms with Gasteiger partial charge in [-0.1, -0.05) is 77.3 Å². The monoisotopic (exact) mass is 697 g/mol. The third-order valence-electron chi connectivity index (χ3n) is 7.34. The summed E-state index contributed by atoms with van der Waals surface area (Å²) in [5.74, 6) is -0.978. The molecule has 2 amide bonds. The Labute approximate surface area is 286 Å². The van der Waals surface area contributed by atoms with E-state index >= 15 is 0 Å². The standard InChI is InChI=1S/C35H37Cl2N3O4S2/c1-24(2)38-35(42)33(21-26-9-6-5-7-10-26)39(22-30-31(36)11-8-12-32(30)37)34(41)23-40(27-15-13-25(3)14-16-27)46(43,44)29-19-17-28(45-4)18-20-29/h5-20,24,33H,21-23H2,1-4H3,(H,38,42). The predicted octanol–water partition coefficient (Wildman–Crippen LogP) is 7.38. The van der Waals surface area contributed by atoms with Gasteiger partial charge in [-0.25, -0.2) is 8.42 Å². The largest absolute Gasteiger partial charge is 0.352 e. The van der Waals surface area contributed by atoms with Crippen LogP contribution in [0.25, 0.3) is 0 Å². The van der Waals surface area contributed by atoms with Crippen molar-refractivity contribution in [1.82, 2.24) is 10.2 Å². The van der Waals surface area contributed by atoms with E-state index in [4.69, 9.17) is 23.2 Å². The summed E-state index contributed by atoms with van der Waals surface area (Å²) in [4.78, 5) is 30.7. The fourth-order valence-corrected chi connectivity index (χ4v) is 7.24. The first kappa shape index (κ1) is 35.4. The summed E-state index contributed by atoms with van der Waals surface area (Å²) in [5.41, 5.74) is 2.52. The van der Waals surface area contributed by atoms with Crippen LogP contribution >= 0.6 is 35.0 Å². The van der Waals surface area contributed by atoms with E-state index in [1.807, 2.05) is 57.4 Å². The topological polar surface area (TPSA) is 86.8 Å². The highest BCUT2D eigenvalue weighted by atomic mass is 35.5. The lowest BCUT2D eigenvalue weighted by atomic mass is 10.0. The highest BCUT2D eigenvalue weighted by Gasteiger charge is 2.35. The fourth-order valence-electron chi connectivity index (χ4n) is 4.90. The normalized spacial score (nSPS) is 12.1. The quantitative estimate of drug-likeness (QED) is 0.147. The molecule has 0 spiro atoms. The van der Waals surface area contributed by atoms with Crippen molar-refractivity contribution in [3.8, 4) is 0 Å². The Morgan fingerprint density at radius 1 is 0.848 bits per heavy atom. The zero-order valence-electron chi connectivity index (χ0n) is 26.1. The summed E-state index contributed by atoms with van der Waals surface area (Å²) < 4.78 is 29.5. The van der Waals surface area contributed by atoms with E-state index in [1.165, 1.54) is 28.8 Å². The minimum atomic E-state index is -4.21. The number of rotatable bonds is 13. The average molecular weight is 699 g/mol. The SMILES string of the molecule is CSc1ccc(S(=O)(=O)N(CC(=O)N(Cc2c(Cl)cccc2Cl)C(Cc2ccccc2)C(=O)NC(C)C)c2ccc(C)cc2)cc1. The number of amides is 2. The molecule has 0 fully saturated rings. The maximum atomic E-state index is 14.6. The summed E-state index contributed by atoms with van der Waals surface area (Å²) in [5, 5.41) is 3.59. The number of aryl methyl sites for hydroxylation is 1. The number of benzene rings is 4. The minimum Gasteiger partial charge on any atom is -0.352 e. The summed E-state index contributed by atoms with van der Waals surface area (Å²) in [6, 6.07) is 26.6. The molecule has 0 heterocycles. The average Bonchev–Trinajstić information content (AvgIpc) is 3.03. The number of hydrogen-bond donors (Lipinski definition) is 1. The molecule has 0 aliphatic heterocycles. The van der Waals surface area contributed by atoms with Crippen molar-refractivity contribution in [1.29, 1.82) is 0 Å². The van der Waals surface area contributed by atoms with Crippen LogP contribution in [0.3, 0.4) is 0 Å². The molecule has 4 aromatic rings. The van der Waals surface area contributed by atoms with Gasteiger partial charge in [0.1, 0.15) is 12.6 Å². The molecule has 4 rings (SSSR count). The lowest BCUT2D eigenvalue weighted by Crippen LogP contribution is -2.54. The van der Waals surface area contributed by atoms with Gasteiger partial charge in [-0.05, 0) is 81.1 Å². The van der Waals surface area contributed by atoms with Crippen LogP contribution in [0, 0.1) is 6.92 Å². The Balaban J connectivity index is 1.83. The van der Waals surface area contributed by atoms with Crippen molar-refractivity contribution in [2.75, 3.05) is 17.1 Å². The molecule has 11 heteroatoms. The van der Waals surface area contributed by atoms with Gasteiger partial charge in [0.05, 0.1) is 10.6 Å². The maximum Gasteiger partial charge on any atom is 0.264 e. The highest BCUT2D eigenvalue weighted by Crippen LogP contribution is 2.29. The number of sulfonamides is 1. The second-order valence-corrected chi connectivity index (χ2v) is 14.7. The van der Waals surface area contributed by atoms with Crippen LogP contribution in [-0.2, 0) is 32.6 Å². The van der Waals surface area contributed by atoms with Gasteiger partial charge < -0.3 is 10.2 Å². The van der Waals surface area contributed by atoms with Gasteiger partial charge in [0.2, 0.25) is 11.8 Å². The molecule has 0 bridgehead atoms. The predicted molar refractivity (Wildman–Crippen MR) is 188 cm³/mol. The zero-order valence-corrected chi connectivity index (χ0v) is 29.3. The van der Waals surface area contributed by atoms with Crippen LogP contribution in [0.4, 0.5) is 5.69 Å². The molecule has 1 N–H and O–H groups in total. The van der Waals surface area contributed by atoms with E-state index in [1.54, 1.807) is 54.6 Å². The van der Waals surface area contributed by atoms with Gasteiger partial charge in [0.25, 0.3) is 10.0 Å². The van der Waals surface area contributed by atoms with Crippen LogP contribution in [0.5, 0.6) is 0 Å². The number of nitrogens with one attached hydrogen (secondary N) is 1. The van der Waals surface area contributed by atoms with Gasteiger partial charge in [-0.2, -0.15) is 0 Å². The number of anilines is 1. The fraction of sp³-hybridized carbons (Fsp3) is 0.257. The first-order chi connectivity index (χ1) is 21.9. The van der Waals surface area contributed by atoms with Crippen molar-refractivity contribution in [2.45, 2.75) is 55.6 Å². The van der Waals surface area contributed by atoms with Crippen LogP contribution in [0.2, 0.25) is 10.0 Å². The van der Waals surface area contributed by atoms with Crippen molar-refractivity contribution >= 4 is 62.5 Å². The Morgan fingerprint density at radius 2 is 1.46 bits per heavy atom. The van der Waals surface area contributed by atoms with E-state index < -0.39 is 28.5 Å². The first-order valence-electron chi connectivity index (χ1n) is 14.7. The van der Waals surface area contributed by atoms with Gasteiger partial charge >= 0.3 is 0 Å².